The van der Waals surface area contributed by atoms with Gasteiger partial charge in [-0.3, -0.25) is 0 Å². The van der Waals surface area contributed by atoms with Crippen molar-refractivity contribution in [3.8, 4) is 33.4 Å². The van der Waals surface area contributed by atoms with Gasteiger partial charge in [0.2, 0.25) is 0 Å². The molecule has 3 aliphatic rings. The minimum Gasteiger partial charge on any atom is -0.310 e. The second-order valence-corrected chi connectivity index (χ2v) is 16.8. The predicted molar refractivity (Wildman–Crippen MR) is 250 cm³/mol. The van der Waals surface area contributed by atoms with Crippen molar-refractivity contribution in [1.29, 1.82) is 0 Å². The van der Waals surface area contributed by atoms with E-state index in [1.165, 1.54) is 78.1 Å². The Labute approximate surface area is 352 Å². The molecular weight excluding hydrogens is 725 g/mol. The second-order valence-electron chi connectivity index (χ2n) is 16.8. The zero-order chi connectivity index (χ0) is 40.0. The highest BCUT2D eigenvalue weighted by Gasteiger charge is 2.53. The second kappa shape index (κ2) is 13.0. The number of fused-ring (bicyclic) bond motifs is 12. The molecule has 1 aliphatic heterocycles. The van der Waals surface area contributed by atoms with Crippen molar-refractivity contribution >= 4 is 34.1 Å². The Kier molecular flexibility index (Phi) is 7.52. The lowest BCUT2D eigenvalue weighted by Gasteiger charge is -2.46. The molecule has 0 amide bonds. The Hall–Kier alpha value is -7.42. The van der Waals surface area contributed by atoms with Gasteiger partial charge in [0.15, 0.2) is 0 Å². The lowest BCUT2D eigenvalue weighted by atomic mass is 9.64. The highest BCUT2D eigenvalue weighted by atomic mass is 15.2. The third-order valence-electron chi connectivity index (χ3n) is 13.4. The van der Waals surface area contributed by atoms with Crippen LogP contribution in [0.1, 0.15) is 47.2 Å². The Morgan fingerprint density at radius 1 is 0.367 bits per heavy atom. The van der Waals surface area contributed by atoms with E-state index in [0.717, 1.165) is 22.7 Å². The molecule has 1 spiro atoms. The fourth-order valence-electron chi connectivity index (χ4n) is 11.0. The summed E-state index contributed by atoms with van der Waals surface area (Å²) >= 11 is 0. The Morgan fingerprint density at radius 3 is 1.57 bits per heavy atom. The topological polar surface area (TPSA) is 6.48 Å². The average molecular weight is 767 g/mol. The number of anilines is 6. The maximum Gasteiger partial charge on any atom is 0.0774 e. The summed E-state index contributed by atoms with van der Waals surface area (Å²) in [6, 6.07) is 81.1. The lowest BCUT2D eigenvalue weighted by molar-refractivity contribution is 0.660. The van der Waals surface area contributed by atoms with Crippen LogP contribution in [-0.4, -0.2) is 0 Å². The molecule has 0 saturated carbocycles. The van der Waals surface area contributed by atoms with Crippen molar-refractivity contribution in [1.82, 2.24) is 0 Å². The van der Waals surface area contributed by atoms with Crippen LogP contribution in [-0.2, 0) is 10.8 Å². The molecule has 9 aromatic rings. The molecule has 0 unspecified atom stereocenters. The van der Waals surface area contributed by atoms with E-state index in [1.54, 1.807) is 0 Å². The minimum atomic E-state index is -0.632. The van der Waals surface area contributed by atoms with Crippen molar-refractivity contribution in [2.24, 2.45) is 0 Å². The molecule has 1 heterocycles. The fourth-order valence-corrected chi connectivity index (χ4v) is 11.0. The van der Waals surface area contributed by atoms with Crippen LogP contribution in [0, 0.1) is 0 Å². The van der Waals surface area contributed by atoms with Crippen LogP contribution < -0.4 is 9.80 Å². The number of hydrogen-bond acceptors (Lipinski definition) is 2. The summed E-state index contributed by atoms with van der Waals surface area (Å²) in [6.07, 6.45) is 0. The number of nitrogens with zero attached hydrogens (tertiary/aromatic N) is 2. The first-order valence-corrected chi connectivity index (χ1v) is 21.0. The van der Waals surface area contributed by atoms with E-state index in [4.69, 9.17) is 0 Å². The van der Waals surface area contributed by atoms with Crippen molar-refractivity contribution in [2.45, 2.75) is 24.7 Å². The van der Waals surface area contributed by atoms with Gasteiger partial charge in [-0.05, 0) is 104 Å². The van der Waals surface area contributed by atoms with Crippen LogP contribution in [0.3, 0.4) is 0 Å². The van der Waals surface area contributed by atoms with Gasteiger partial charge in [-0.2, -0.15) is 0 Å². The zero-order valence-corrected chi connectivity index (χ0v) is 33.7. The summed E-state index contributed by atoms with van der Waals surface area (Å²) in [7, 11) is 0. The normalized spacial score (nSPS) is 14.4. The Balaban J connectivity index is 1.20. The molecule has 2 nitrogen and oxygen atoms in total. The SMILES string of the molecule is CC1(C)c2ccccc2-c2ccc(N(c3ccccc3-c3ccccc3)c3cccc4c3C3(c5ccccc5-4)c4ccccc4N(c4ccccc4)c4ccccc43)cc21. The summed E-state index contributed by atoms with van der Waals surface area (Å²) in [5.74, 6) is 0. The minimum absolute atomic E-state index is 0.162. The van der Waals surface area contributed by atoms with Gasteiger partial charge in [-0.15, -0.1) is 0 Å². The van der Waals surface area contributed by atoms with Crippen molar-refractivity contribution in [2.75, 3.05) is 9.80 Å². The van der Waals surface area contributed by atoms with Crippen molar-refractivity contribution in [3.63, 3.8) is 0 Å². The van der Waals surface area contributed by atoms with Crippen LogP contribution in [0.15, 0.2) is 218 Å². The third kappa shape index (κ3) is 4.70. The van der Waals surface area contributed by atoms with Gasteiger partial charge in [0.05, 0.1) is 28.2 Å². The summed E-state index contributed by atoms with van der Waals surface area (Å²) < 4.78 is 0. The largest absolute Gasteiger partial charge is 0.310 e. The van der Waals surface area contributed by atoms with Gasteiger partial charge in [-0.1, -0.05) is 184 Å². The molecule has 0 aromatic heterocycles. The summed E-state index contributed by atoms with van der Waals surface area (Å²) in [5, 5.41) is 0. The van der Waals surface area contributed by atoms with Crippen molar-refractivity contribution in [3.05, 3.63) is 252 Å². The molecule has 0 saturated heterocycles. The predicted octanol–water partition coefficient (Wildman–Crippen LogP) is 15.3. The van der Waals surface area contributed by atoms with E-state index in [9.17, 15) is 0 Å². The number of rotatable bonds is 5. The maximum absolute atomic E-state index is 2.57. The third-order valence-corrected chi connectivity index (χ3v) is 13.4. The van der Waals surface area contributed by atoms with Crippen LogP contribution in [0.5, 0.6) is 0 Å². The van der Waals surface area contributed by atoms with E-state index in [0.29, 0.717) is 0 Å². The monoisotopic (exact) mass is 766 g/mol. The molecule has 0 fully saturated rings. The Bertz CT molecular complexity index is 3090. The quantitative estimate of drug-likeness (QED) is 0.172. The summed E-state index contributed by atoms with van der Waals surface area (Å²) in [6.45, 7) is 4.76. The molecular formula is C58H42N2. The maximum atomic E-state index is 2.57. The van der Waals surface area contributed by atoms with Gasteiger partial charge < -0.3 is 9.80 Å². The fraction of sp³-hybridized carbons (Fsp3) is 0.0690. The summed E-state index contributed by atoms with van der Waals surface area (Å²) in [4.78, 5) is 5.03. The van der Waals surface area contributed by atoms with Crippen LogP contribution in [0.4, 0.5) is 34.1 Å². The van der Waals surface area contributed by atoms with Gasteiger partial charge in [0.25, 0.3) is 0 Å². The van der Waals surface area contributed by atoms with E-state index < -0.39 is 5.41 Å². The molecule has 284 valence electrons. The molecule has 0 radical (unpaired) electrons. The molecule has 12 rings (SSSR count). The molecule has 2 aliphatic carbocycles. The first-order valence-electron chi connectivity index (χ1n) is 21.0. The van der Waals surface area contributed by atoms with E-state index in [-0.39, 0.29) is 5.41 Å². The van der Waals surface area contributed by atoms with Crippen molar-refractivity contribution < 1.29 is 0 Å². The molecule has 60 heavy (non-hydrogen) atoms. The molecule has 2 heteroatoms. The van der Waals surface area contributed by atoms with Gasteiger partial charge in [-0.25, -0.2) is 0 Å². The van der Waals surface area contributed by atoms with E-state index in [1.807, 2.05) is 0 Å². The van der Waals surface area contributed by atoms with E-state index in [2.05, 4.69) is 242 Å². The van der Waals surface area contributed by atoms with E-state index >= 15 is 0 Å². The first kappa shape index (κ1) is 34.6. The summed E-state index contributed by atoms with van der Waals surface area (Å²) in [5.41, 5.74) is 21.6. The average Bonchev–Trinajstić information content (AvgIpc) is 3.73. The zero-order valence-electron chi connectivity index (χ0n) is 33.7. The van der Waals surface area contributed by atoms with Crippen LogP contribution >= 0.6 is 0 Å². The first-order chi connectivity index (χ1) is 29.6. The molecule has 0 atom stereocenters. The molecule has 0 N–H and O–H groups in total. The van der Waals surface area contributed by atoms with Gasteiger partial charge in [0.1, 0.15) is 0 Å². The Morgan fingerprint density at radius 2 is 0.867 bits per heavy atom. The standard InChI is InChI=1S/C58H42N2/c1-57(2)47-28-12-9-25-43(47)45-37-36-41(38-51(45)57)60(52-32-16-11-24-42(52)39-20-5-3-6-21-39)55-35-19-27-46-44-26-10-13-29-48(44)58(56(46)55)49-30-14-17-33-53(49)59(40-22-7-4-8-23-40)54-34-18-15-31-50(54)58/h3-38H,1-2H3. The van der Waals surface area contributed by atoms with Crippen LogP contribution in [0.25, 0.3) is 33.4 Å². The van der Waals surface area contributed by atoms with Crippen LogP contribution in [0.2, 0.25) is 0 Å². The lowest BCUT2D eigenvalue weighted by Crippen LogP contribution is -2.37. The highest BCUT2D eigenvalue weighted by Crippen LogP contribution is 2.66. The van der Waals surface area contributed by atoms with Gasteiger partial charge >= 0.3 is 0 Å². The molecule has 0 bridgehead atoms. The number of hydrogen-bond donors (Lipinski definition) is 0. The number of benzene rings is 9. The highest BCUT2D eigenvalue weighted by molar-refractivity contribution is 6.01. The molecule has 9 aromatic carbocycles. The number of para-hydroxylation sites is 4. The smallest absolute Gasteiger partial charge is 0.0774 e. The van der Waals surface area contributed by atoms with Gasteiger partial charge in [0, 0.05) is 27.9 Å².